The second-order valence-electron chi connectivity index (χ2n) is 5.55. The van der Waals surface area contributed by atoms with E-state index in [-0.39, 0.29) is 5.91 Å². The van der Waals surface area contributed by atoms with Gasteiger partial charge in [0.15, 0.2) is 0 Å². The SMILES string of the molecule is CCC(=O)N1CCCN(Cc2ccc(SC)c(OC)c2)CC1. The van der Waals surface area contributed by atoms with Crippen molar-refractivity contribution in [3.63, 3.8) is 0 Å². The Labute approximate surface area is 137 Å². The van der Waals surface area contributed by atoms with Crippen LogP contribution in [0.4, 0.5) is 0 Å². The summed E-state index contributed by atoms with van der Waals surface area (Å²) in [6.07, 6.45) is 3.71. The molecule has 1 saturated heterocycles. The van der Waals surface area contributed by atoms with Gasteiger partial charge in [-0.15, -0.1) is 11.8 Å². The van der Waals surface area contributed by atoms with Gasteiger partial charge in [-0.1, -0.05) is 13.0 Å². The molecule has 0 radical (unpaired) electrons. The fourth-order valence-corrected chi connectivity index (χ4v) is 3.39. The molecular weight excluding hydrogens is 296 g/mol. The van der Waals surface area contributed by atoms with Gasteiger partial charge in [-0.05, 0) is 30.4 Å². The Bertz CT molecular complexity index is 507. The number of thioether (sulfide) groups is 1. The third kappa shape index (κ3) is 4.40. The van der Waals surface area contributed by atoms with Crippen molar-refractivity contribution in [2.75, 3.05) is 39.5 Å². The lowest BCUT2D eigenvalue weighted by molar-refractivity contribution is -0.130. The largest absolute Gasteiger partial charge is 0.496 e. The number of benzene rings is 1. The first kappa shape index (κ1) is 17.2. The maximum atomic E-state index is 11.8. The van der Waals surface area contributed by atoms with Crippen LogP contribution in [0.15, 0.2) is 23.1 Å². The minimum Gasteiger partial charge on any atom is -0.496 e. The van der Waals surface area contributed by atoms with Crippen LogP contribution in [0.1, 0.15) is 25.3 Å². The molecule has 1 aromatic rings. The smallest absolute Gasteiger partial charge is 0.222 e. The molecule has 0 bridgehead atoms. The van der Waals surface area contributed by atoms with Crippen LogP contribution in [0, 0.1) is 0 Å². The molecule has 2 rings (SSSR count). The highest BCUT2D eigenvalue weighted by molar-refractivity contribution is 7.98. The van der Waals surface area contributed by atoms with Crippen molar-refractivity contribution in [3.8, 4) is 5.75 Å². The van der Waals surface area contributed by atoms with Crippen molar-refractivity contribution in [1.29, 1.82) is 0 Å². The highest BCUT2D eigenvalue weighted by atomic mass is 32.2. The van der Waals surface area contributed by atoms with E-state index >= 15 is 0 Å². The van der Waals surface area contributed by atoms with E-state index in [0.717, 1.165) is 44.9 Å². The zero-order chi connectivity index (χ0) is 15.9. The lowest BCUT2D eigenvalue weighted by Gasteiger charge is -2.22. The Hall–Kier alpha value is -1.20. The third-order valence-electron chi connectivity index (χ3n) is 4.10. The van der Waals surface area contributed by atoms with Gasteiger partial charge in [0, 0.05) is 44.0 Å². The lowest BCUT2D eigenvalue weighted by Crippen LogP contribution is -2.34. The molecule has 0 spiro atoms. The summed E-state index contributed by atoms with van der Waals surface area (Å²) < 4.78 is 5.46. The third-order valence-corrected chi connectivity index (χ3v) is 4.87. The quantitative estimate of drug-likeness (QED) is 0.781. The number of hydrogen-bond acceptors (Lipinski definition) is 4. The number of rotatable bonds is 5. The van der Waals surface area contributed by atoms with Crippen LogP contribution in [0.25, 0.3) is 0 Å². The molecule has 0 aromatic heterocycles. The van der Waals surface area contributed by atoms with Gasteiger partial charge in [-0.25, -0.2) is 0 Å². The Balaban J connectivity index is 1.97. The standard InChI is InChI=1S/C17H26N2O2S/c1-4-17(20)19-9-5-8-18(10-11-19)13-14-6-7-16(22-3)15(12-14)21-2/h6-7,12H,4-5,8-11,13H2,1-3H3. The summed E-state index contributed by atoms with van der Waals surface area (Å²) in [5.41, 5.74) is 1.27. The maximum Gasteiger partial charge on any atom is 0.222 e. The van der Waals surface area contributed by atoms with E-state index in [4.69, 9.17) is 4.74 Å². The van der Waals surface area contributed by atoms with Crippen molar-refractivity contribution in [3.05, 3.63) is 23.8 Å². The Morgan fingerprint density at radius 1 is 1.27 bits per heavy atom. The van der Waals surface area contributed by atoms with Gasteiger partial charge < -0.3 is 9.64 Å². The zero-order valence-corrected chi connectivity index (χ0v) is 14.6. The molecule has 1 aliphatic heterocycles. The van der Waals surface area contributed by atoms with E-state index in [1.807, 2.05) is 11.8 Å². The zero-order valence-electron chi connectivity index (χ0n) is 13.8. The van der Waals surface area contributed by atoms with Crippen LogP contribution < -0.4 is 4.74 Å². The maximum absolute atomic E-state index is 11.8. The molecule has 0 unspecified atom stereocenters. The number of amides is 1. The van der Waals surface area contributed by atoms with Gasteiger partial charge in [0.05, 0.1) is 7.11 Å². The lowest BCUT2D eigenvalue weighted by atomic mass is 10.2. The minimum atomic E-state index is 0.271. The molecule has 0 aliphatic carbocycles. The van der Waals surface area contributed by atoms with Crippen molar-refractivity contribution >= 4 is 17.7 Å². The van der Waals surface area contributed by atoms with Crippen LogP contribution in [-0.2, 0) is 11.3 Å². The van der Waals surface area contributed by atoms with Gasteiger partial charge in [0.25, 0.3) is 0 Å². The average Bonchev–Trinajstić information content (AvgIpc) is 2.79. The van der Waals surface area contributed by atoms with E-state index in [0.29, 0.717) is 6.42 Å². The van der Waals surface area contributed by atoms with Crippen LogP contribution in [0.3, 0.4) is 0 Å². The molecule has 0 atom stereocenters. The van der Waals surface area contributed by atoms with Crippen molar-refractivity contribution in [2.45, 2.75) is 31.2 Å². The van der Waals surface area contributed by atoms with Crippen LogP contribution in [0.5, 0.6) is 5.75 Å². The fraction of sp³-hybridized carbons (Fsp3) is 0.588. The summed E-state index contributed by atoms with van der Waals surface area (Å²) in [5.74, 6) is 1.22. The summed E-state index contributed by atoms with van der Waals surface area (Å²) in [6, 6.07) is 6.43. The first-order valence-electron chi connectivity index (χ1n) is 7.89. The van der Waals surface area contributed by atoms with Crippen molar-refractivity contribution in [1.82, 2.24) is 9.80 Å². The monoisotopic (exact) mass is 322 g/mol. The Morgan fingerprint density at radius 3 is 2.77 bits per heavy atom. The molecule has 0 N–H and O–H groups in total. The van der Waals surface area contributed by atoms with E-state index < -0.39 is 0 Å². The fourth-order valence-electron chi connectivity index (χ4n) is 2.84. The van der Waals surface area contributed by atoms with Gasteiger partial charge in [-0.3, -0.25) is 9.69 Å². The summed E-state index contributed by atoms with van der Waals surface area (Å²) in [5, 5.41) is 0. The van der Waals surface area contributed by atoms with Gasteiger partial charge in [0.2, 0.25) is 5.91 Å². The topological polar surface area (TPSA) is 32.8 Å². The molecule has 1 aromatic carbocycles. The number of ether oxygens (including phenoxy) is 1. The average molecular weight is 322 g/mol. The van der Waals surface area contributed by atoms with E-state index in [9.17, 15) is 4.79 Å². The van der Waals surface area contributed by atoms with Gasteiger partial charge in [0.1, 0.15) is 5.75 Å². The summed E-state index contributed by atoms with van der Waals surface area (Å²) in [6.45, 7) is 6.56. The molecular formula is C17H26N2O2S. The molecule has 1 heterocycles. The molecule has 1 fully saturated rings. The highest BCUT2D eigenvalue weighted by Crippen LogP contribution is 2.28. The molecule has 1 amide bonds. The van der Waals surface area contributed by atoms with E-state index in [1.165, 1.54) is 10.5 Å². The van der Waals surface area contributed by atoms with Gasteiger partial charge in [-0.2, -0.15) is 0 Å². The van der Waals surface area contributed by atoms with Crippen molar-refractivity contribution < 1.29 is 9.53 Å². The predicted molar refractivity (Wildman–Crippen MR) is 91.5 cm³/mol. The second-order valence-corrected chi connectivity index (χ2v) is 6.40. The first-order valence-corrected chi connectivity index (χ1v) is 9.11. The number of hydrogen-bond donors (Lipinski definition) is 0. The van der Waals surface area contributed by atoms with Gasteiger partial charge >= 0.3 is 0 Å². The number of carbonyl (C=O) groups excluding carboxylic acids is 1. The molecule has 122 valence electrons. The molecule has 22 heavy (non-hydrogen) atoms. The van der Waals surface area contributed by atoms with Crippen LogP contribution >= 0.6 is 11.8 Å². The Morgan fingerprint density at radius 2 is 2.09 bits per heavy atom. The summed E-state index contributed by atoms with van der Waals surface area (Å²) in [4.78, 5) is 17.4. The number of nitrogens with zero attached hydrogens (tertiary/aromatic N) is 2. The van der Waals surface area contributed by atoms with Crippen molar-refractivity contribution in [2.24, 2.45) is 0 Å². The Kier molecular flexibility index (Phi) is 6.58. The first-order chi connectivity index (χ1) is 10.7. The summed E-state index contributed by atoms with van der Waals surface area (Å²) in [7, 11) is 1.72. The van der Waals surface area contributed by atoms with Crippen LogP contribution in [-0.4, -0.2) is 55.3 Å². The predicted octanol–water partition coefficient (Wildman–Crippen LogP) is 2.86. The summed E-state index contributed by atoms with van der Waals surface area (Å²) >= 11 is 1.70. The molecule has 5 heteroatoms. The molecule has 0 saturated carbocycles. The molecule has 4 nitrogen and oxygen atoms in total. The van der Waals surface area contributed by atoms with Crippen LogP contribution in [0.2, 0.25) is 0 Å². The minimum absolute atomic E-state index is 0.271. The number of carbonyl (C=O) groups is 1. The normalized spacial score (nSPS) is 16.4. The van der Waals surface area contributed by atoms with E-state index in [1.54, 1.807) is 18.9 Å². The highest BCUT2D eigenvalue weighted by Gasteiger charge is 2.18. The second kappa shape index (κ2) is 8.44. The van der Waals surface area contributed by atoms with E-state index in [2.05, 4.69) is 29.4 Å². The molecule has 1 aliphatic rings. The number of methoxy groups -OCH3 is 1.